The van der Waals surface area contributed by atoms with E-state index in [2.05, 4.69) is 59.5 Å². The highest BCUT2D eigenvalue weighted by Crippen LogP contribution is 2.26. The molecule has 0 aliphatic heterocycles. The lowest BCUT2D eigenvalue weighted by Gasteiger charge is -2.26. The summed E-state index contributed by atoms with van der Waals surface area (Å²) >= 11 is 0. The number of pyridine rings is 2. The van der Waals surface area contributed by atoms with E-state index < -0.39 is 0 Å². The molecule has 0 aliphatic carbocycles. The minimum atomic E-state index is -0.342. The molecule has 0 saturated carbocycles. The van der Waals surface area contributed by atoms with Crippen molar-refractivity contribution in [2.75, 3.05) is 6.54 Å². The molecular weight excluding hydrogens is 350 g/mol. The fraction of sp³-hybridized carbons (Fsp3) is 0.174. The molecule has 2 heterocycles. The van der Waals surface area contributed by atoms with Crippen LogP contribution in [0.25, 0.3) is 21.8 Å². The second kappa shape index (κ2) is 6.93. The molecule has 4 rings (SSSR count). The number of carbonyl (C=O) groups excluding carboxylic acids is 1. The first-order valence-corrected chi connectivity index (χ1v) is 9.20. The third kappa shape index (κ3) is 3.39. The monoisotopic (exact) mass is 371 g/mol. The van der Waals surface area contributed by atoms with E-state index in [1.54, 1.807) is 18.3 Å². The van der Waals surface area contributed by atoms with Crippen molar-refractivity contribution in [3.8, 4) is 0 Å². The van der Waals surface area contributed by atoms with Crippen LogP contribution in [-0.4, -0.2) is 22.4 Å². The summed E-state index contributed by atoms with van der Waals surface area (Å²) in [7, 11) is 0. The van der Waals surface area contributed by atoms with E-state index in [1.807, 2.05) is 12.1 Å². The van der Waals surface area contributed by atoms with Crippen molar-refractivity contribution in [3.63, 3.8) is 0 Å². The Hall–Kier alpha value is -3.47. The Kier molecular flexibility index (Phi) is 4.43. The number of aromatic amines is 1. The number of nitrogens with one attached hydrogen (secondary N) is 2. The maximum absolute atomic E-state index is 12.8. The minimum Gasteiger partial charge on any atom is -0.351 e. The fourth-order valence-electron chi connectivity index (χ4n) is 3.38. The van der Waals surface area contributed by atoms with Gasteiger partial charge in [0.05, 0.1) is 5.56 Å². The van der Waals surface area contributed by atoms with Crippen LogP contribution in [0.3, 0.4) is 0 Å². The van der Waals surface area contributed by atoms with Crippen LogP contribution in [0.5, 0.6) is 0 Å². The number of aromatic nitrogens is 2. The Balaban J connectivity index is 1.59. The smallest absolute Gasteiger partial charge is 0.252 e. The van der Waals surface area contributed by atoms with E-state index >= 15 is 0 Å². The standard InChI is InChI=1S/C23H21N3O2/c1-23(2,17-10-9-15-6-3-4-7-16(15)12-17)14-25-22(28)19-13-20(27)26-21-18(19)8-5-11-24-21/h3-13H,14H2,1-2H3,(H,25,28)(H,24,26,27). The molecule has 0 saturated heterocycles. The van der Waals surface area contributed by atoms with Crippen molar-refractivity contribution in [3.05, 3.63) is 88.3 Å². The molecule has 140 valence electrons. The Labute approximate surface area is 162 Å². The van der Waals surface area contributed by atoms with E-state index in [0.29, 0.717) is 23.1 Å². The second-order valence-electron chi connectivity index (χ2n) is 7.58. The van der Waals surface area contributed by atoms with Crippen molar-refractivity contribution in [1.82, 2.24) is 15.3 Å². The quantitative estimate of drug-likeness (QED) is 0.573. The van der Waals surface area contributed by atoms with Crippen molar-refractivity contribution >= 4 is 27.7 Å². The van der Waals surface area contributed by atoms with Crippen LogP contribution in [0.15, 0.2) is 71.7 Å². The Morgan fingerprint density at radius 3 is 2.64 bits per heavy atom. The number of amides is 1. The van der Waals surface area contributed by atoms with E-state index in [0.717, 1.165) is 5.56 Å². The topological polar surface area (TPSA) is 74.8 Å². The molecule has 0 fully saturated rings. The zero-order valence-electron chi connectivity index (χ0n) is 15.8. The lowest BCUT2D eigenvalue weighted by Crippen LogP contribution is -2.37. The number of fused-ring (bicyclic) bond motifs is 2. The van der Waals surface area contributed by atoms with Crippen molar-refractivity contribution < 1.29 is 4.79 Å². The minimum absolute atomic E-state index is 0.269. The lowest BCUT2D eigenvalue weighted by atomic mass is 9.83. The van der Waals surface area contributed by atoms with Crippen LogP contribution >= 0.6 is 0 Å². The van der Waals surface area contributed by atoms with Gasteiger partial charge in [-0.15, -0.1) is 0 Å². The van der Waals surface area contributed by atoms with Crippen LogP contribution in [0.2, 0.25) is 0 Å². The average Bonchev–Trinajstić information content (AvgIpc) is 2.71. The number of nitrogens with zero attached hydrogens (tertiary/aromatic N) is 1. The molecule has 0 spiro atoms. The van der Waals surface area contributed by atoms with E-state index in [4.69, 9.17) is 0 Å². The molecule has 0 atom stereocenters. The summed E-state index contributed by atoms with van der Waals surface area (Å²) in [4.78, 5) is 31.5. The summed E-state index contributed by atoms with van der Waals surface area (Å²) in [5.41, 5.74) is 1.28. The number of benzene rings is 2. The molecule has 0 aliphatic rings. The predicted molar refractivity (Wildman–Crippen MR) is 112 cm³/mol. The summed E-state index contributed by atoms with van der Waals surface area (Å²) < 4.78 is 0. The Morgan fingerprint density at radius 1 is 1.04 bits per heavy atom. The van der Waals surface area contributed by atoms with E-state index in [-0.39, 0.29) is 16.9 Å². The Bertz CT molecular complexity index is 1240. The van der Waals surface area contributed by atoms with Crippen LogP contribution < -0.4 is 10.9 Å². The van der Waals surface area contributed by atoms with Gasteiger partial charge in [0.2, 0.25) is 5.56 Å². The summed E-state index contributed by atoms with van der Waals surface area (Å²) in [5, 5.41) is 5.97. The first-order valence-electron chi connectivity index (χ1n) is 9.20. The van der Waals surface area contributed by atoms with Gasteiger partial charge in [0.15, 0.2) is 0 Å². The first-order chi connectivity index (χ1) is 13.4. The molecule has 4 aromatic rings. The predicted octanol–water partition coefficient (Wildman–Crippen LogP) is 3.78. The van der Waals surface area contributed by atoms with E-state index in [1.165, 1.54) is 16.8 Å². The lowest BCUT2D eigenvalue weighted by molar-refractivity contribution is 0.0947. The van der Waals surface area contributed by atoms with E-state index in [9.17, 15) is 9.59 Å². The van der Waals surface area contributed by atoms with Crippen LogP contribution in [-0.2, 0) is 5.41 Å². The molecule has 0 bridgehead atoms. The summed E-state index contributed by atoms with van der Waals surface area (Å²) in [5.74, 6) is -0.280. The van der Waals surface area contributed by atoms with Gasteiger partial charge < -0.3 is 10.3 Å². The van der Waals surface area contributed by atoms with Crippen molar-refractivity contribution in [2.24, 2.45) is 0 Å². The maximum Gasteiger partial charge on any atom is 0.252 e. The highest BCUT2D eigenvalue weighted by molar-refractivity contribution is 6.05. The molecule has 5 nitrogen and oxygen atoms in total. The van der Waals surface area contributed by atoms with Crippen LogP contribution in [0, 0.1) is 0 Å². The average molecular weight is 371 g/mol. The van der Waals surface area contributed by atoms with Gasteiger partial charge in [-0.1, -0.05) is 56.3 Å². The van der Waals surface area contributed by atoms with Crippen molar-refractivity contribution in [1.29, 1.82) is 0 Å². The molecule has 0 radical (unpaired) electrons. The van der Waals surface area contributed by atoms with Gasteiger partial charge in [0.1, 0.15) is 5.65 Å². The summed E-state index contributed by atoms with van der Waals surface area (Å²) in [6, 6.07) is 19.4. The Morgan fingerprint density at radius 2 is 1.82 bits per heavy atom. The third-order valence-electron chi connectivity index (χ3n) is 5.08. The highest BCUT2D eigenvalue weighted by atomic mass is 16.2. The fourth-order valence-corrected chi connectivity index (χ4v) is 3.38. The highest BCUT2D eigenvalue weighted by Gasteiger charge is 2.23. The van der Waals surface area contributed by atoms with Gasteiger partial charge in [-0.05, 0) is 28.5 Å². The molecular formula is C23H21N3O2. The molecule has 5 heteroatoms. The van der Waals surface area contributed by atoms with Crippen LogP contribution in [0.1, 0.15) is 29.8 Å². The SMILES string of the molecule is CC(C)(CNC(=O)c1cc(=O)[nH]c2ncccc12)c1ccc2ccccc2c1. The third-order valence-corrected chi connectivity index (χ3v) is 5.08. The largest absolute Gasteiger partial charge is 0.351 e. The molecule has 1 amide bonds. The molecule has 0 unspecified atom stereocenters. The van der Waals surface area contributed by atoms with Crippen LogP contribution in [0.4, 0.5) is 0 Å². The second-order valence-corrected chi connectivity index (χ2v) is 7.58. The number of H-pyrrole nitrogens is 1. The first kappa shape index (κ1) is 17.9. The normalized spacial score (nSPS) is 11.6. The molecule has 28 heavy (non-hydrogen) atoms. The van der Waals surface area contributed by atoms with Crippen molar-refractivity contribution in [2.45, 2.75) is 19.3 Å². The van der Waals surface area contributed by atoms with Gasteiger partial charge in [0, 0.05) is 29.6 Å². The number of hydrogen-bond donors (Lipinski definition) is 2. The number of carbonyl (C=O) groups is 1. The summed E-state index contributed by atoms with van der Waals surface area (Å²) in [6.45, 7) is 4.63. The van der Waals surface area contributed by atoms with Gasteiger partial charge in [-0.25, -0.2) is 4.98 Å². The zero-order valence-corrected chi connectivity index (χ0v) is 15.8. The molecule has 2 aromatic heterocycles. The van der Waals surface area contributed by atoms with Gasteiger partial charge in [-0.3, -0.25) is 9.59 Å². The number of rotatable bonds is 4. The van der Waals surface area contributed by atoms with Gasteiger partial charge in [-0.2, -0.15) is 0 Å². The summed E-state index contributed by atoms with van der Waals surface area (Å²) in [6.07, 6.45) is 1.59. The molecule has 2 N–H and O–H groups in total. The maximum atomic E-state index is 12.8. The molecule has 2 aromatic carbocycles. The van der Waals surface area contributed by atoms with Gasteiger partial charge in [0.25, 0.3) is 5.91 Å². The number of hydrogen-bond acceptors (Lipinski definition) is 3. The zero-order chi connectivity index (χ0) is 19.7. The van der Waals surface area contributed by atoms with Gasteiger partial charge >= 0.3 is 0 Å².